The molecule has 1 fully saturated rings. The van der Waals surface area contributed by atoms with Crippen LogP contribution < -0.4 is 9.41 Å². The summed E-state index contributed by atoms with van der Waals surface area (Å²) in [6.45, 7) is 0. The maximum atomic E-state index is 2.35. The van der Waals surface area contributed by atoms with Gasteiger partial charge in [0.15, 0.2) is 0 Å². The molecule has 0 atom stereocenters. The summed E-state index contributed by atoms with van der Waals surface area (Å²) in [6, 6.07) is 0. The van der Waals surface area contributed by atoms with E-state index in [9.17, 15) is 0 Å². The molecule has 0 amide bonds. The van der Waals surface area contributed by atoms with E-state index in [-0.39, 0.29) is 9.41 Å². The standard InChI is InChI=1S/C10H13.2FH.Ti/c1-2-6-9(5-1)10-7-3-4-8-10;;;/h1,5,10H,2-4,7-8H2;2*1H;/q;;;+2/p-2. The molecule has 0 radical (unpaired) electrons. The SMILES string of the molecule is [F-].[F-].[Ti+2][C]1=C(C2CCCC2)C=CC1. The van der Waals surface area contributed by atoms with Crippen molar-refractivity contribution in [2.24, 2.45) is 5.92 Å². The predicted octanol–water partition coefficient (Wildman–Crippen LogP) is -3.05. The first-order chi connectivity index (χ1) is 5.38. The van der Waals surface area contributed by atoms with Crippen LogP contribution in [0, 0.1) is 5.92 Å². The second-order valence-corrected chi connectivity index (χ2v) is 4.46. The Morgan fingerprint density at radius 3 is 2.23 bits per heavy atom. The van der Waals surface area contributed by atoms with Crippen LogP contribution in [0.15, 0.2) is 21.6 Å². The third kappa shape index (κ3) is 2.75. The molecule has 0 aliphatic heterocycles. The summed E-state index contributed by atoms with van der Waals surface area (Å²) < 4.78 is 1.62. The minimum absolute atomic E-state index is 0. The van der Waals surface area contributed by atoms with Crippen LogP contribution in [0.4, 0.5) is 0 Å². The van der Waals surface area contributed by atoms with Gasteiger partial charge in [0.2, 0.25) is 0 Å². The van der Waals surface area contributed by atoms with Gasteiger partial charge in [-0.1, -0.05) is 0 Å². The van der Waals surface area contributed by atoms with Crippen LogP contribution in [0.1, 0.15) is 32.1 Å². The van der Waals surface area contributed by atoms with Crippen molar-refractivity contribution in [2.75, 3.05) is 0 Å². The molecule has 0 spiro atoms. The van der Waals surface area contributed by atoms with E-state index >= 15 is 0 Å². The van der Waals surface area contributed by atoms with Crippen LogP contribution in [0.25, 0.3) is 0 Å². The first-order valence-electron chi connectivity index (χ1n) is 4.49. The van der Waals surface area contributed by atoms with Crippen LogP contribution in [-0.2, 0) is 20.4 Å². The quantitative estimate of drug-likeness (QED) is 0.411. The Morgan fingerprint density at radius 1 is 1.15 bits per heavy atom. The molecule has 13 heavy (non-hydrogen) atoms. The maximum absolute atomic E-state index is 2.35. The van der Waals surface area contributed by atoms with Crippen molar-refractivity contribution >= 4 is 0 Å². The third-order valence-corrected chi connectivity index (χ3v) is 3.53. The summed E-state index contributed by atoms with van der Waals surface area (Å²) in [7, 11) is 0. The topological polar surface area (TPSA) is 0 Å². The van der Waals surface area contributed by atoms with Gasteiger partial charge in [-0.05, 0) is 0 Å². The van der Waals surface area contributed by atoms with E-state index in [2.05, 4.69) is 32.6 Å². The fourth-order valence-corrected chi connectivity index (χ4v) is 2.77. The van der Waals surface area contributed by atoms with Gasteiger partial charge in [0, 0.05) is 0 Å². The third-order valence-electron chi connectivity index (χ3n) is 2.76. The molecule has 2 aliphatic rings. The molecule has 71 valence electrons. The van der Waals surface area contributed by atoms with Crippen LogP contribution in [-0.4, -0.2) is 0 Å². The first kappa shape index (κ1) is 13.1. The molecule has 0 heterocycles. The van der Waals surface area contributed by atoms with E-state index in [0.29, 0.717) is 0 Å². The fraction of sp³-hybridized carbons (Fsp3) is 0.600. The van der Waals surface area contributed by atoms with E-state index in [0.717, 1.165) is 5.92 Å². The van der Waals surface area contributed by atoms with Crippen molar-refractivity contribution in [3.8, 4) is 0 Å². The van der Waals surface area contributed by atoms with Gasteiger partial charge in [-0.25, -0.2) is 0 Å². The monoisotopic (exact) mass is 219 g/mol. The molecule has 0 aromatic rings. The molecular formula is C10H13F2Ti. The molecule has 0 saturated heterocycles. The zero-order chi connectivity index (χ0) is 7.68. The van der Waals surface area contributed by atoms with Crippen LogP contribution >= 0.6 is 0 Å². The van der Waals surface area contributed by atoms with Gasteiger partial charge in [0.25, 0.3) is 0 Å². The summed E-state index contributed by atoms with van der Waals surface area (Å²) in [4.78, 5) is 0. The number of hydrogen-bond donors (Lipinski definition) is 0. The fourth-order valence-electron chi connectivity index (χ4n) is 2.14. The molecular weight excluding hydrogens is 206 g/mol. The van der Waals surface area contributed by atoms with Crippen molar-refractivity contribution in [3.05, 3.63) is 21.6 Å². The Bertz CT molecular complexity index is 215. The number of hydrogen-bond acceptors (Lipinski definition) is 0. The Labute approximate surface area is 89.6 Å². The Hall–Kier alpha value is 0.0543. The molecule has 0 aromatic carbocycles. The van der Waals surface area contributed by atoms with Crippen LogP contribution in [0.5, 0.6) is 0 Å². The van der Waals surface area contributed by atoms with Crippen molar-refractivity contribution < 1.29 is 29.8 Å². The second kappa shape index (κ2) is 5.72. The van der Waals surface area contributed by atoms with E-state index < -0.39 is 0 Å². The zero-order valence-corrected chi connectivity index (χ0v) is 9.09. The molecule has 0 aromatic heterocycles. The van der Waals surface area contributed by atoms with Gasteiger partial charge in [0.05, 0.1) is 0 Å². The summed E-state index contributed by atoms with van der Waals surface area (Å²) in [5.74, 6) is 0.925. The summed E-state index contributed by atoms with van der Waals surface area (Å²) >= 11 is 2.29. The number of rotatable bonds is 1. The predicted molar refractivity (Wildman–Crippen MR) is 42.7 cm³/mol. The van der Waals surface area contributed by atoms with Gasteiger partial charge in [-0.15, -0.1) is 0 Å². The minimum atomic E-state index is 0. The summed E-state index contributed by atoms with van der Waals surface area (Å²) in [6.07, 6.45) is 11.7. The molecule has 2 aliphatic carbocycles. The van der Waals surface area contributed by atoms with Crippen molar-refractivity contribution in [2.45, 2.75) is 32.1 Å². The molecule has 3 heteroatoms. The van der Waals surface area contributed by atoms with Crippen LogP contribution in [0.3, 0.4) is 0 Å². The molecule has 0 unspecified atom stereocenters. The number of halogens is 2. The molecule has 0 N–H and O–H groups in total. The van der Waals surface area contributed by atoms with E-state index in [1.54, 1.807) is 9.45 Å². The Morgan fingerprint density at radius 2 is 1.77 bits per heavy atom. The van der Waals surface area contributed by atoms with E-state index in [4.69, 9.17) is 0 Å². The second-order valence-electron chi connectivity index (χ2n) is 3.52. The first-order valence-corrected chi connectivity index (χ1v) is 5.27. The number of allylic oxidation sites excluding steroid dienone is 4. The average Bonchev–Trinajstić information content (AvgIpc) is 2.55. The zero-order valence-electron chi connectivity index (χ0n) is 7.52. The molecule has 1 saturated carbocycles. The van der Waals surface area contributed by atoms with Gasteiger partial charge in [0.1, 0.15) is 0 Å². The van der Waals surface area contributed by atoms with Crippen molar-refractivity contribution in [3.63, 3.8) is 0 Å². The van der Waals surface area contributed by atoms with Crippen molar-refractivity contribution in [1.29, 1.82) is 0 Å². The summed E-state index contributed by atoms with van der Waals surface area (Å²) in [5, 5.41) is 0. The van der Waals surface area contributed by atoms with Gasteiger partial charge in [-0.2, -0.15) is 0 Å². The molecule has 2 rings (SSSR count). The molecule has 0 nitrogen and oxygen atoms in total. The van der Waals surface area contributed by atoms with Crippen LogP contribution in [0.2, 0.25) is 0 Å². The van der Waals surface area contributed by atoms with Crippen molar-refractivity contribution in [1.82, 2.24) is 0 Å². The summed E-state index contributed by atoms with van der Waals surface area (Å²) in [5.41, 5.74) is 1.67. The Balaban J connectivity index is 0.000000720. The normalized spacial score (nSPS) is 21.7. The molecule has 0 bridgehead atoms. The van der Waals surface area contributed by atoms with Gasteiger partial charge in [-0.3, -0.25) is 0 Å². The van der Waals surface area contributed by atoms with Gasteiger partial charge >= 0.3 is 80.1 Å². The van der Waals surface area contributed by atoms with E-state index in [1.165, 1.54) is 32.1 Å². The van der Waals surface area contributed by atoms with Gasteiger partial charge < -0.3 is 9.41 Å². The van der Waals surface area contributed by atoms with E-state index in [1.807, 2.05) is 0 Å². The average molecular weight is 219 g/mol. The Kier molecular flexibility index (Phi) is 5.74.